The molecule has 0 amide bonds. The molecule has 2 aromatic rings. The molecule has 0 aliphatic rings. The first-order valence-corrected chi connectivity index (χ1v) is 7.52. The summed E-state index contributed by atoms with van der Waals surface area (Å²) in [5.74, 6) is 1.29. The largest absolute Gasteiger partial charge is 0.372 e. The summed E-state index contributed by atoms with van der Waals surface area (Å²) in [5.41, 5.74) is 2.29. The van der Waals surface area contributed by atoms with E-state index in [1.807, 2.05) is 4.57 Å². The van der Waals surface area contributed by atoms with Crippen LogP contribution in [0.2, 0.25) is 0 Å². The standard InChI is InChI=1S/C15H22N4S/c1-5-18(6-2)12-7-9-13(10-8-12)19-14(11(3)4)16-17-15(19)20/h7-11H,5-6H2,1-4H3,(H,17,20). The molecular weight excluding hydrogens is 268 g/mol. The average Bonchev–Trinajstić information content (AvgIpc) is 2.83. The summed E-state index contributed by atoms with van der Waals surface area (Å²) < 4.78 is 2.65. The maximum Gasteiger partial charge on any atom is 0.199 e. The van der Waals surface area contributed by atoms with Crippen molar-refractivity contribution in [3.8, 4) is 5.69 Å². The van der Waals surface area contributed by atoms with Crippen molar-refractivity contribution in [3.05, 3.63) is 34.9 Å². The van der Waals surface area contributed by atoms with Crippen molar-refractivity contribution >= 4 is 17.9 Å². The monoisotopic (exact) mass is 290 g/mol. The number of H-pyrrole nitrogens is 1. The zero-order valence-corrected chi connectivity index (χ0v) is 13.4. The van der Waals surface area contributed by atoms with E-state index in [0.717, 1.165) is 24.6 Å². The first kappa shape index (κ1) is 14.8. The van der Waals surface area contributed by atoms with Crippen molar-refractivity contribution in [1.29, 1.82) is 0 Å². The Bertz CT molecular complexity index is 606. The van der Waals surface area contributed by atoms with Gasteiger partial charge >= 0.3 is 0 Å². The Kier molecular flexibility index (Phi) is 4.60. The molecule has 0 aliphatic carbocycles. The van der Waals surface area contributed by atoms with Gasteiger partial charge in [-0.2, -0.15) is 5.10 Å². The second-order valence-electron chi connectivity index (χ2n) is 5.07. The predicted octanol–water partition coefficient (Wildman–Crippen LogP) is 3.90. The lowest BCUT2D eigenvalue weighted by molar-refractivity contribution is 0.744. The van der Waals surface area contributed by atoms with Gasteiger partial charge in [0.2, 0.25) is 0 Å². The van der Waals surface area contributed by atoms with Crippen LogP contribution in [0.15, 0.2) is 24.3 Å². The van der Waals surface area contributed by atoms with E-state index >= 15 is 0 Å². The van der Waals surface area contributed by atoms with Gasteiger partial charge in [-0.3, -0.25) is 9.67 Å². The van der Waals surface area contributed by atoms with Crippen molar-refractivity contribution < 1.29 is 0 Å². The number of aromatic nitrogens is 3. The summed E-state index contributed by atoms with van der Waals surface area (Å²) in [6.07, 6.45) is 0. The highest BCUT2D eigenvalue weighted by atomic mass is 32.1. The van der Waals surface area contributed by atoms with Crippen molar-refractivity contribution in [2.45, 2.75) is 33.6 Å². The van der Waals surface area contributed by atoms with Gasteiger partial charge in [0.1, 0.15) is 5.82 Å². The van der Waals surface area contributed by atoms with E-state index in [-0.39, 0.29) is 0 Å². The molecule has 2 rings (SSSR count). The molecule has 0 aliphatic heterocycles. The SMILES string of the molecule is CCN(CC)c1ccc(-n2c(C(C)C)n[nH]c2=S)cc1. The molecule has 0 radical (unpaired) electrons. The zero-order valence-electron chi connectivity index (χ0n) is 12.6. The lowest BCUT2D eigenvalue weighted by atomic mass is 10.2. The van der Waals surface area contributed by atoms with E-state index in [4.69, 9.17) is 12.2 Å². The van der Waals surface area contributed by atoms with Crippen LogP contribution in [0.3, 0.4) is 0 Å². The predicted molar refractivity (Wildman–Crippen MR) is 86.4 cm³/mol. The van der Waals surface area contributed by atoms with Gasteiger partial charge in [-0.15, -0.1) is 0 Å². The molecule has 0 saturated heterocycles. The molecule has 5 heteroatoms. The molecule has 0 bridgehead atoms. The first-order chi connectivity index (χ1) is 9.58. The lowest BCUT2D eigenvalue weighted by Crippen LogP contribution is -2.21. The number of nitrogens with one attached hydrogen (secondary N) is 1. The summed E-state index contributed by atoms with van der Waals surface area (Å²) in [5, 5.41) is 7.20. The van der Waals surface area contributed by atoms with Crippen molar-refractivity contribution in [3.63, 3.8) is 0 Å². The van der Waals surface area contributed by atoms with E-state index in [1.54, 1.807) is 0 Å². The summed E-state index contributed by atoms with van der Waals surface area (Å²) in [6.45, 7) is 10.6. The highest BCUT2D eigenvalue weighted by Crippen LogP contribution is 2.21. The number of rotatable bonds is 5. The third-order valence-electron chi connectivity index (χ3n) is 3.45. The van der Waals surface area contributed by atoms with Gasteiger partial charge in [0.15, 0.2) is 4.77 Å². The molecule has 0 fully saturated rings. The van der Waals surface area contributed by atoms with Crippen LogP contribution in [0.4, 0.5) is 5.69 Å². The van der Waals surface area contributed by atoms with Gasteiger partial charge in [0, 0.05) is 30.4 Å². The minimum Gasteiger partial charge on any atom is -0.372 e. The van der Waals surface area contributed by atoms with Gasteiger partial charge in [-0.1, -0.05) is 13.8 Å². The molecule has 0 atom stereocenters. The third-order valence-corrected chi connectivity index (χ3v) is 3.73. The minimum absolute atomic E-state index is 0.324. The smallest absolute Gasteiger partial charge is 0.199 e. The van der Waals surface area contributed by atoms with Crippen LogP contribution in [0.25, 0.3) is 5.69 Å². The third kappa shape index (κ3) is 2.77. The maximum absolute atomic E-state index is 5.34. The normalized spacial score (nSPS) is 11.1. The van der Waals surface area contributed by atoms with Crippen LogP contribution in [0.5, 0.6) is 0 Å². The van der Waals surface area contributed by atoms with Gasteiger partial charge in [0.25, 0.3) is 0 Å². The molecular formula is C15H22N4S. The molecule has 1 aromatic heterocycles. The Hall–Kier alpha value is -1.62. The second-order valence-corrected chi connectivity index (χ2v) is 5.45. The van der Waals surface area contributed by atoms with Crippen LogP contribution in [0.1, 0.15) is 39.4 Å². The van der Waals surface area contributed by atoms with Crippen LogP contribution in [-0.2, 0) is 0 Å². The van der Waals surface area contributed by atoms with E-state index < -0.39 is 0 Å². The molecule has 0 spiro atoms. The summed E-state index contributed by atoms with van der Waals surface area (Å²) in [6, 6.07) is 8.48. The van der Waals surface area contributed by atoms with Crippen molar-refractivity contribution in [1.82, 2.24) is 14.8 Å². The molecule has 1 aromatic carbocycles. The number of benzene rings is 1. The first-order valence-electron chi connectivity index (χ1n) is 7.11. The highest BCUT2D eigenvalue weighted by Gasteiger charge is 2.12. The highest BCUT2D eigenvalue weighted by molar-refractivity contribution is 7.71. The van der Waals surface area contributed by atoms with Crippen LogP contribution < -0.4 is 4.90 Å². The molecule has 20 heavy (non-hydrogen) atoms. The van der Waals surface area contributed by atoms with E-state index in [1.165, 1.54) is 5.69 Å². The Balaban J connectivity index is 2.40. The van der Waals surface area contributed by atoms with Gasteiger partial charge < -0.3 is 4.90 Å². The Labute approximate surface area is 125 Å². The molecule has 0 saturated carbocycles. The number of anilines is 1. The van der Waals surface area contributed by atoms with E-state index in [2.05, 4.69) is 67.1 Å². The molecule has 1 heterocycles. The van der Waals surface area contributed by atoms with E-state index in [9.17, 15) is 0 Å². The average molecular weight is 290 g/mol. The fourth-order valence-corrected chi connectivity index (χ4v) is 2.59. The number of aromatic amines is 1. The maximum atomic E-state index is 5.34. The minimum atomic E-state index is 0.324. The van der Waals surface area contributed by atoms with Gasteiger partial charge in [-0.25, -0.2) is 0 Å². The lowest BCUT2D eigenvalue weighted by Gasteiger charge is -2.21. The van der Waals surface area contributed by atoms with Gasteiger partial charge in [0.05, 0.1) is 0 Å². The topological polar surface area (TPSA) is 36.9 Å². The number of hydrogen-bond acceptors (Lipinski definition) is 3. The van der Waals surface area contributed by atoms with Crippen molar-refractivity contribution in [2.24, 2.45) is 0 Å². The molecule has 4 nitrogen and oxygen atoms in total. The molecule has 1 N–H and O–H groups in total. The van der Waals surface area contributed by atoms with Crippen LogP contribution in [-0.4, -0.2) is 27.9 Å². The number of nitrogens with zero attached hydrogens (tertiary/aromatic N) is 3. The van der Waals surface area contributed by atoms with Gasteiger partial charge in [-0.05, 0) is 50.3 Å². The van der Waals surface area contributed by atoms with Crippen LogP contribution >= 0.6 is 12.2 Å². The Morgan fingerprint density at radius 1 is 1.20 bits per heavy atom. The molecule has 0 unspecified atom stereocenters. The second kappa shape index (κ2) is 6.22. The van der Waals surface area contributed by atoms with Crippen molar-refractivity contribution in [2.75, 3.05) is 18.0 Å². The van der Waals surface area contributed by atoms with E-state index in [0.29, 0.717) is 10.7 Å². The summed E-state index contributed by atoms with van der Waals surface area (Å²) in [7, 11) is 0. The summed E-state index contributed by atoms with van der Waals surface area (Å²) in [4.78, 5) is 2.32. The quantitative estimate of drug-likeness (QED) is 0.849. The van der Waals surface area contributed by atoms with Crippen LogP contribution in [0, 0.1) is 4.77 Å². The Morgan fingerprint density at radius 3 is 2.30 bits per heavy atom. The number of hydrogen-bond donors (Lipinski definition) is 1. The Morgan fingerprint density at radius 2 is 1.80 bits per heavy atom. The summed E-state index contributed by atoms with van der Waals surface area (Å²) >= 11 is 5.34. The fourth-order valence-electron chi connectivity index (χ4n) is 2.35. The molecule has 108 valence electrons. The fraction of sp³-hybridized carbons (Fsp3) is 0.467. The zero-order chi connectivity index (χ0) is 14.7.